The predicted octanol–water partition coefficient (Wildman–Crippen LogP) is 2.22. The second-order valence-electron chi connectivity index (χ2n) is 6.29. The van der Waals surface area contributed by atoms with Gasteiger partial charge in [0.2, 0.25) is 5.95 Å². The quantitative estimate of drug-likeness (QED) is 0.853. The van der Waals surface area contributed by atoms with E-state index in [1.807, 2.05) is 31.9 Å². The monoisotopic (exact) mass is 355 g/mol. The molecule has 136 valence electrons. The van der Waals surface area contributed by atoms with Crippen molar-refractivity contribution in [3.8, 4) is 0 Å². The van der Waals surface area contributed by atoms with Crippen LogP contribution in [-0.2, 0) is 16.0 Å². The van der Waals surface area contributed by atoms with Gasteiger partial charge in [-0.25, -0.2) is 4.68 Å². The molecular weight excluding hydrogens is 334 g/mol. The van der Waals surface area contributed by atoms with Crippen molar-refractivity contribution in [2.24, 2.45) is 0 Å². The number of anilines is 2. The number of fused-ring (bicyclic) bond motifs is 1. The SMILES string of the molecule is CC1=C(C(=O)Nc2cccc(CCC(=O)O)c2)C(C)n2ncnc2N1C. The highest BCUT2D eigenvalue weighted by molar-refractivity contribution is 6.05. The summed E-state index contributed by atoms with van der Waals surface area (Å²) in [7, 11) is 1.85. The van der Waals surface area contributed by atoms with Crippen molar-refractivity contribution in [1.82, 2.24) is 14.8 Å². The Bertz CT molecular complexity index is 886. The maximum Gasteiger partial charge on any atom is 0.303 e. The van der Waals surface area contributed by atoms with E-state index in [-0.39, 0.29) is 18.4 Å². The summed E-state index contributed by atoms with van der Waals surface area (Å²) in [5, 5.41) is 15.9. The zero-order chi connectivity index (χ0) is 18.8. The van der Waals surface area contributed by atoms with E-state index in [2.05, 4.69) is 15.4 Å². The molecule has 1 aromatic carbocycles. The number of aryl methyl sites for hydroxylation is 1. The van der Waals surface area contributed by atoms with Crippen molar-refractivity contribution in [3.63, 3.8) is 0 Å². The molecule has 1 unspecified atom stereocenters. The number of allylic oxidation sites excluding steroid dienone is 1. The number of amides is 1. The summed E-state index contributed by atoms with van der Waals surface area (Å²) in [6.45, 7) is 3.79. The number of aromatic nitrogens is 3. The Morgan fingerprint density at radius 1 is 1.35 bits per heavy atom. The van der Waals surface area contributed by atoms with Crippen molar-refractivity contribution in [1.29, 1.82) is 0 Å². The maximum atomic E-state index is 12.9. The fraction of sp³-hybridized carbons (Fsp3) is 0.333. The summed E-state index contributed by atoms with van der Waals surface area (Å²) < 4.78 is 1.71. The molecular formula is C18H21N5O3. The zero-order valence-corrected chi connectivity index (χ0v) is 14.9. The molecule has 3 rings (SSSR count). The third kappa shape index (κ3) is 3.30. The van der Waals surface area contributed by atoms with Gasteiger partial charge < -0.3 is 15.3 Å². The molecule has 0 fully saturated rings. The van der Waals surface area contributed by atoms with Gasteiger partial charge in [0.05, 0.1) is 11.6 Å². The number of carbonyl (C=O) groups excluding carboxylic acids is 1. The number of carboxylic acids is 1. The lowest BCUT2D eigenvalue weighted by Gasteiger charge is -2.31. The fourth-order valence-corrected chi connectivity index (χ4v) is 3.12. The van der Waals surface area contributed by atoms with Crippen LogP contribution in [-0.4, -0.2) is 38.8 Å². The number of carbonyl (C=O) groups is 2. The first-order valence-electron chi connectivity index (χ1n) is 8.34. The van der Waals surface area contributed by atoms with E-state index in [0.717, 1.165) is 11.3 Å². The second kappa shape index (κ2) is 6.99. The molecule has 1 amide bonds. The summed E-state index contributed by atoms with van der Waals surface area (Å²) in [5.74, 6) is -0.358. The van der Waals surface area contributed by atoms with Crippen LogP contribution in [0.4, 0.5) is 11.6 Å². The highest BCUT2D eigenvalue weighted by Crippen LogP contribution is 2.32. The van der Waals surface area contributed by atoms with Crippen LogP contribution in [0.5, 0.6) is 0 Å². The molecule has 2 N–H and O–H groups in total. The molecule has 2 aromatic rings. The van der Waals surface area contributed by atoms with Crippen LogP contribution in [0.15, 0.2) is 41.9 Å². The highest BCUT2D eigenvalue weighted by Gasteiger charge is 2.31. The minimum atomic E-state index is -0.845. The van der Waals surface area contributed by atoms with Gasteiger partial charge in [0, 0.05) is 24.9 Å². The molecule has 0 saturated heterocycles. The van der Waals surface area contributed by atoms with Gasteiger partial charge >= 0.3 is 5.97 Å². The first-order chi connectivity index (χ1) is 12.4. The summed E-state index contributed by atoms with van der Waals surface area (Å²) in [6.07, 6.45) is 1.95. The first-order valence-corrected chi connectivity index (χ1v) is 8.34. The summed E-state index contributed by atoms with van der Waals surface area (Å²) >= 11 is 0. The lowest BCUT2D eigenvalue weighted by Crippen LogP contribution is -2.34. The minimum Gasteiger partial charge on any atom is -0.481 e. The third-order valence-electron chi connectivity index (χ3n) is 4.59. The zero-order valence-electron chi connectivity index (χ0n) is 14.9. The Labute approximate surface area is 151 Å². The van der Waals surface area contributed by atoms with Gasteiger partial charge in [0.15, 0.2) is 0 Å². The Hall–Kier alpha value is -3.16. The van der Waals surface area contributed by atoms with Gasteiger partial charge in [-0.1, -0.05) is 12.1 Å². The normalized spacial score (nSPS) is 16.4. The molecule has 1 atom stereocenters. The van der Waals surface area contributed by atoms with Gasteiger partial charge in [0.25, 0.3) is 5.91 Å². The Morgan fingerprint density at radius 3 is 2.85 bits per heavy atom. The number of hydrogen-bond donors (Lipinski definition) is 2. The number of aliphatic carboxylic acids is 1. The fourth-order valence-electron chi connectivity index (χ4n) is 3.12. The molecule has 1 aliphatic heterocycles. The summed E-state index contributed by atoms with van der Waals surface area (Å²) in [6, 6.07) is 7.01. The maximum absolute atomic E-state index is 12.9. The van der Waals surface area contributed by atoms with E-state index in [9.17, 15) is 9.59 Å². The Morgan fingerprint density at radius 2 is 2.12 bits per heavy atom. The standard InChI is InChI=1S/C18H21N5O3/c1-11-16(12(2)23-18(22(11)3)19-10-20-23)17(26)21-14-6-4-5-13(9-14)7-8-15(24)25/h4-6,9-10,12H,7-8H2,1-3H3,(H,21,26)(H,24,25). The highest BCUT2D eigenvalue weighted by atomic mass is 16.4. The molecule has 0 saturated carbocycles. The van der Waals surface area contributed by atoms with Crippen LogP contribution in [0, 0.1) is 0 Å². The van der Waals surface area contributed by atoms with Gasteiger partial charge in [-0.05, 0) is 38.0 Å². The van der Waals surface area contributed by atoms with Crippen LogP contribution in [0.3, 0.4) is 0 Å². The number of nitrogens with zero attached hydrogens (tertiary/aromatic N) is 4. The number of rotatable bonds is 5. The van der Waals surface area contributed by atoms with Crippen molar-refractivity contribution >= 4 is 23.5 Å². The van der Waals surface area contributed by atoms with Gasteiger partial charge in [-0.15, -0.1) is 0 Å². The summed E-state index contributed by atoms with van der Waals surface area (Å²) in [4.78, 5) is 29.7. The van der Waals surface area contributed by atoms with Crippen LogP contribution in [0.1, 0.15) is 31.9 Å². The Kier molecular flexibility index (Phi) is 4.75. The topological polar surface area (TPSA) is 100 Å². The molecule has 8 nitrogen and oxygen atoms in total. The van der Waals surface area contributed by atoms with Crippen molar-refractivity contribution in [2.75, 3.05) is 17.3 Å². The average Bonchev–Trinajstić information content (AvgIpc) is 3.09. The van der Waals surface area contributed by atoms with Crippen LogP contribution < -0.4 is 10.2 Å². The van der Waals surface area contributed by atoms with Crippen LogP contribution in [0.25, 0.3) is 0 Å². The number of benzene rings is 1. The predicted molar refractivity (Wildman–Crippen MR) is 96.9 cm³/mol. The van der Waals surface area contributed by atoms with Crippen LogP contribution in [0.2, 0.25) is 0 Å². The number of hydrogen-bond acceptors (Lipinski definition) is 5. The second-order valence-corrected chi connectivity index (χ2v) is 6.29. The molecule has 0 bridgehead atoms. The van der Waals surface area contributed by atoms with Crippen molar-refractivity contribution in [2.45, 2.75) is 32.7 Å². The smallest absolute Gasteiger partial charge is 0.303 e. The number of carboxylic acid groups (broad SMARTS) is 1. The van der Waals surface area contributed by atoms with E-state index in [4.69, 9.17) is 5.11 Å². The number of nitrogens with one attached hydrogen (secondary N) is 1. The molecule has 1 aromatic heterocycles. The first kappa shape index (κ1) is 17.7. The molecule has 0 aliphatic carbocycles. The molecule has 0 spiro atoms. The van der Waals surface area contributed by atoms with Crippen molar-refractivity contribution in [3.05, 3.63) is 47.4 Å². The van der Waals surface area contributed by atoms with E-state index < -0.39 is 5.97 Å². The molecule has 26 heavy (non-hydrogen) atoms. The largest absolute Gasteiger partial charge is 0.481 e. The van der Waals surface area contributed by atoms with Gasteiger partial charge in [0.1, 0.15) is 6.33 Å². The third-order valence-corrected chi connectivity index (χ3v) is 4.59. The molecule has 8 heteroatoms. The Balaban J connectivity index is 1.81. The van der Waals surface area contributed by atoms with E-state index >= 15 is 0 Å². The minimum absolute atomic E-state index is 0.0541. The van der Waals surface area contributed by atoms with Gasteiger partial charge in [-0.2, -0.15) is 10.1 Å². The van der Waals surface area contributed by atoms with Gasteiger partial charge in [-0.3, -0.25) is 9.59 Å². The lowest BCUT2D eigenvalue weighted by atomic mass is 10.0. The average molecular weight is 355 g/mol. The molecule has 1 aliphatic rings. The van der Waals surface area contributed by atoms with E-state index in [1.54, 1.807) is 22.9 Å². The van der Waals surface area contributed by atoms with Crippen molar-refractivity contribution < 1.29 is 14.7 Å². The lowest BCUT2D eigenvalue weighted by molar-refractivity contribution is -0.137. The molecule has 0 radical (unpaired) electrons. The van der Waals surface area contributed by atoms with Crippen LogP contribution >= 0.6 is 0 Å². The molecule has 2 heterocycles. The van der Waals surface area contributed by atoms with E-state index in [0.29, 0.717) is 23.6 Å². The van der Waals surface area contributed by atoms with E-state index in [1.165, 1.54) is 6.33 Å². The summed E-state index contributed by atoms with van der Waals surface area (Å²) in [5.41, 5.74) is 2.93.